The lowest BCUT2D eigenvalue weighted by molar-refractivity contribution is 0.191. The van der Waals surface area contributed by atoms with Crippen molar-refractivity contribution in [2.24, 2.45) is 0 Å². The first-order chi connectivity index (χ1) is 14.2. The number of ether oxygens (including phenoxy) is 2. The van der Waals surface area contributed by atoms with Crippen LogP contribution in [-0.4, -0.2) is 48.2 Å². The van der Waals surface area contributed by atoms with E-state index in [0.29, 0.717) is 18.0 Å². The molecule has 29 heavy (non-hydrogen) atoms. The number of carbonyl (C=O) groups is 1. The Kier molecular flexibility index (Phi) is 5.55. The van der Waals surface area contributed by atoms with E-state index in [4.69, 9.17) is 9.47 Å². The first-order valence-electron chi connectivity index (χ1n) is 9.89. The number of nitrogens with zero attached hydrogens (tertiary/aromatic N) is 2. The summed E-state index contributed by atoms with van der Waals surface area (Å²) in [6.07, 6.45) is 2.61. The molecule has 1 fully saturated rings. The fourth-order valence-electron chi connectivity index (χ4n) is 3.88. The van der Waals surface area contributed by atoms with Gasteiger partial charge in [0.15, 0.2) is 11.5 Å². The van der Waals surface area contributed by atoms with Gasteiger partial charge in [-0.3, -0.25) is 0 Å². The second kappa shape index (κ2) is 8.43. The van der Waals surface area contributed by atoms with E-state index in [0.717, 1.165) is 48.2 Å². The Hall–Kier alpha value is -3.22. The highest BCUT2D eigenvalue weighted by Crippen LogP contribution is 2.31. The zero-order valence-electron chi connectivity index (χ0n) is 16.8. The SMILES string of the molecule is COc1ccc(CCNC(=O)N2CCC[C@@H]2c2nc3ccccc3[nH]2)cc1OC. The minimum atomic E-state index is -0.0477. The molecular formula is C22H26N4O3. The van der Waals surface area contributed by atoms with E-state index >= 15 is 0 Å². The first-order valence-corrected chi connectivity index (χ1v) is 9.89. The van der Waals surface area contributed by atoms with Crippen LogP contribution in [-0.2, 0) is 6.42 Å². The van der Waals surface area contributed by atoms with Crippen LogP contribution in [0.1, 0.15) is 30.3 Å². The largest absolute Gasteiger partial charge is 0.493 e. The number of carbonyl (C=O) groups excluding carboxylic acids is 1. The van der Waals surface area contributed by atoms with Gasteiger partial charge in [0.25, 0.3) is 0 Å². The van der Waals surface area contributed by atoms with Gasteiger partial charge in [-0.2, -0.15) is 0 Å². The number of hydrogen-bond donors (Lipinski definition) is 2. The van der Waals surface area contributed by atoms with Crippen LogP contribution in [0.5, 0.6) is 11.5 Å². The normalized spacial score (nSPS) is 16.2. The molecule has 2 heterocycles. The molecule has 1 aliphatic heterocycles. The van der Waals surface area contributed by atoms with Gasteiger partial charge in [0, 0.05) is 13.1 Å². The van der Waals surface area contributed by atoms with Crippen LogP contribution in [0, 0.1) is 0 Å². The van der Waals surface area contributed by atoms with Crippen LogP contribution >= 0.6 is 0 Å². The van der Waals surface area contributed by atoms with E-state index in [1.807, 2.05) is 47.4 Å². The number of likely N-dealkylation sites (tertiary alicyclic amines) is 1. The summed E-state index contributed by atoms with van der Waals surface area (Å²) in [6, 6.07) is 13.7. The van der Waals surface area contributed by atoms with E-state index in [2.05, 4.69) is 15.3 Å². The zero-order valence-corrected chi connectivity index (χ0v) is 16.8. The van der Waals surface area contributed by atoms with Gasteiger partial charge in [-0.1, -0.05) is 18.2 Å². The third kappa shape index (κ3) is 3.99. The first kappa shape index (κ1) is 19.1. The number of aromatic nitrogens is 2. The molecule has 0 unspecified atom stereocenters. The molecule has 1 saturated heterocycles. The van der Waals surface area contributed by atoms with Crippen LogP contribution in [0.2, 0.25) is 0 Å². The maximum atomic E-state index is 12.8. The maximum absolute atomic E-state index is 12.8. The van der Waals surface area contributed by atoms with Gasteiger partial charge in [-0.25, -0.2) is 9.78 Å². The smallest absolute Gasteiger partial charge is 0.318 e. The summed E-state index contributed by atoms with van der Waals surface area (Å²) < 4.78 is 10.6. The van der Waals surface area contributed by atoms with Crippen LogP contribution in [0.25, 0.3) is 11.0 Å². The van der Waals surface area contributed by atoms with E-state index in [1.54, 1.807) is 14.2 Å². The molecule has 1 aromatic heterocycles. The summed E-state index contributed by atoms with van der Waals surface area (Å²) >= 11 is 0. The van der Waals surface area contributed by atoms with E-state index < -0.39 is 0 Å². The standard InChI is InChI=1S/C22H26N4O3/c1-28-19-10-9-15(14-20(19)29-2)11-12-23-22(27)26-13-5-8-18(26)21-24-16-6-3-4-7-17(16)25-21/h3-4,6-7,9-10,14,18H,5,8,11-13H2,1-2H3,(H,23,27)(H,24,25)/t18-/m1/s1. The fourth-order valence-corrected chi connectivity index (χ4v) is 3.88. The number of imidazole rings is 1. The van der Waals surface area contributed by atoms with Crippen LogP contribution in [0.3, 0.4) is 0 Å². The van der Waals surface area contributed by atoms with Crippen molar-refractivity contribution in [3.63, 3.8) is 0 Å². The fraction of sp³-hybridized carbons (Fsp3) is 0.364. The van der Waals surface area contributed by atoms with E-state index in [-0.39, 0.29) is 12.1 Å². The molecule has 2 N–H and O–H groups in total. The Bertz CT molecular complexity index is 968. The van der Waals surface area contributed by atoms with Crippen LogP contribution < -0.4 is 14.8 Å². The van der Waals surface area contributed by atoms with Crippen molar-refractivity contribution in [3.05, 3.63) is 53.9 Å². The lowest BCUT2D eigenvalue weighted by atomic mass is 10.1. The van der Waals surface area contributed by atoms with Crippen molar-refractivity contribution < 1.29 is 14.3 Å². The molecule has 1 atom stereocenters. The Morgan fingerprint density at radius 1 is 1.21 bits per heavy atom. The van der Waals surface area contributed by atoms with Crippen LogP contribution in [0.15, 0.2) is 42.5 Å². The number of nitrogens with one attached hydrogen (secondary N) is 2. The number of hydrogen-bond acceptors (Lipinski definition) is 4. The van der Waals surface area contributed by atoms with Crippen molar-refractivity contribution in [1.29, 1.82) is 0 Å². The summed E-state index contributed by atoms with van der Waals surface area (Å²) in [5.41, 5.74) is 3.02. The number of rotatable bonds is 6. The van der Waals surface area contributed by atoms with Gasteiger partial charge in [-0.05, 0) is 49.1 Å². The molecule has 3 aromatic rings. The van der Waals surface area contributed by atoms with Crippen molar-refractivity contribution in [3.8, 4) is 11.5 Å². The number of para-hydroxylation sites is 2. The Labute approximate surface area is 170 Å². The van der Waals surface area contributed by atoms with Gasteiger partial charge < -0.3 is 24.7 Å². The number of amides is 2. The topological polar surface area (TPSA) is 79.5 Å². The van der Waals surface area contributed by atoms with Gasteiger partial charge in [0.1, 0.15) is 5.82 Å². The molecule has 7 heteroatoms. The van der Waals surface area contributed by atoms with Crippen molar-refractivity contribution in [2.45, 2.75) is 25.3 Å². The summed E-state index contributed by atoms with van der Waals surface area (Å²) in [5, 5.41) is 3.05. The molecule has 2 aromatic carbocycles. The van der Waals surface area contributed by atoms with Gasteiger partial charge in [-0.15, -0.1) is 0 Å². The number of methoxy groups -OCH3 is 2. The van der Waals surface area contributed by atoms with Gasteiger partial charge in [0.2, 0.25) is 0 Å². The number of fused-ring (bicyclic) bond motifs is 1. The Balaban J connectivity index is 1.37. The zero-order chi connectivity index (χ0) is 20.2. The number of H-pyrrole nitrogens is 1. The summed E-state index contributed by atoms with van der Waals surface area (Å²) in [7, 11) is 3.24. The van der Waals surface area contributed by atoms with Crippen molar-refractivity contribution in [2.75, 3.05) is 27.3 Å². The number of aromatic amines is 1. The minimum Gasteiger partial charge on any atom is -0.493 e. The molecule has 7 nitrogen and oxygen atoms in total. The minimum absolute atomic E-state index is 0.0107. The highest BCUT2D eigenvalue weighted by molar-refractivity contribution is 5.77. The van der Waals surface area contributed by atoms with Crippen LogP contribution in [0.4, 0.5) is 4.79 Å². The third-order valence-electron chi connectivity index (χ3n) is 5.37. The average Bonchev–Trinajstić information content (AvgIpc) is 3.40. The van der Waals surface area contributed by atoms with E-state index in [1.165, 1.54) is 0 Å². The predicted molar refractivity (Wildman–Crippen MR) is 111 cm³/mol. The lowest BCUT2D eigenvalue weighted by Crippen LogP contribution is -2.40. The maximum Gasteiger partial charge on any atom is 0.318 e. The van der Waals surface area contributed by atoms with Crippen molar-refractivity contribution >= 4 is 17.1 Å². The molecular weight excluding hydrogens is 368 g/mol. The Morgan fingerprint density at radius 3 is 2.83 bits per heavy atom. The average molecular weight is 394 g/mol. The molecule has 2 amide bonds. The predicted octanol–water partition coefficient (Wildman–Crippen LogP) is 3.67. The Morgan fingerprint density at radius 2 is 2.03 bits per heavy atom. The number of urea groups is 1. The molecule has 0 spiro atoms. The molecule has 152 valence electrons. The highest BCUT2D eigenvalue weighted by Gasteiger charge is 2.32. The highest BCUT2D eigenvalue weighted by atomic mass is 16.5. The summed E-state index contributed by atoms with van der Waals surface area (Å²) in [4.78, 5) is 22.7. The molecule has 0 bridgehead atoms. The second-order valence-electron chi connectivity index (χ2n) is 7.16. The summed E-state index contributed by atoms with van der Waals surface area (Å²) in [5.74, 6) is 2.26. The van der Waals surface area contributed by atoms with Gasteiger partial charge >= 0.3 is 6.03 Å². The third-order valence-corrected chi connectivity index (χ3v) is 5.37. The second-order valence-corrected chi connectivity index (χ2v) is 7.16. The molecule has 4 rings (SSSR count). The quantitative estimate of drug-likeness (QED) is 0.669. The molecule has 0 saturated carbocycles. The molecule has 0 aliphatic carbocycles. The number of benzene rings is 2. The summed E-state index contributed by atoms with van der Waals surface area (Å²) in [6.45, 7) is 1.29. The van der Waals surface area contributed by atoms with Gasteiger partial charge in [0.05, 0.1) is 31.3 Å². The molecule has 1 aliphatic rings. The molecule has 0 radical (unpaired) electrons. The lowest BCUT2D eigenvalue weighted by Gasteiger charge is -2.23. The van der Waals surface area contributed by atoms with E-state index in [9.17, 15) is 4.79 Å². The van der Waals surface area contributed by atoms with Crippen molar-refractivity contribution in [1.82, 2.24) is 20.2 Å². The monoisotopic (exact) mass is 394 g/mol.